The lowest BCUT2D eigenvalue weighted by Gasteiger charge is -2.30. The molecule has 1 rings (SSSR count). The maximum absolute atomic E-state index is 5.86. The molecule has 0 atom stereocenters. The van der Waals surface area contributed by atoms with Gasteiger partial charge in [-0.2, -0.15) is 0 Å². The highest BCUT2D eigenvalue weighted by Crippen LogP contribution is 2.47. The van der Waals surface area contributed by atoms with Crippen LogP contribution in [0.15, 0.2) is 30.3 Å². The Labute approximate surface area is 118 Å². The Hall–Kier alpha value is -0.470. The monoisotopic (exact) mass is 284 g/mol. The van der Waals surface area contributed by atoms with E-state index in [0.29, 0.717) is 6.61 Å². The summed E-state index contributed by atoms with van der Waals surface area (Å²) in [6, 6.07) is 10.0. The Balaban J connectivity index is 2.59. The van der Waals surface area contributed by atoms with Crippen molar-refractivity contribution in [2.45, 2.75) is 59.4 Å². The highest BCUT2D eigenvalue weighted by Gasteiger charge is 2.27. The van der Waals surface area contributed by atoms with Gasteiger partial charge in [-0.15, -0.1) is 0 Å². The first-order valence-corrected chi connectivity index (χ1v) is 7.60. The minimum atomic E-state index is -1.36. The lowest BCUT2D eigenvalue weighted by Crippen LogP contribution is -2.22. The number of hydrogen-bond acceptors (Lipinski definition) is 3. The van der Waals surface area contributed by atoms with E-state index in [1.807, 2.05) is 71.9 Å². The lowest BCUT2D eigenvalue weighted by atomic mass is 10.2. The summed E-state index contributed by atoms with van der Waals surface area (Å²) in [7, 11) is -1.36. The third kappa shape index (κ3) is 8.33. The summed E-state index contributed by atoms with van der Waals surface area (Å²) >= 11 is 0. The first-order valence-electron chi connectivity index (χ1n) is 6.51. The van der Waals surface area contributed by atoms with Crippen molar-refractivity contribution in [2.24, 2.45) is 0 Å². The fraction of sp³-hybridized carbons (Fsp3) is 0.600. The predicted molar refractivity (Wildman–Crippen MR) is 79.8 cm³/mol. The van der Waals surface area contributed by atoms with Crippen LogP contribution in [0.4, 0.5) is 0 Å². The van der Waals surface area contributed by atoms with Crippen LogP contribution in [0.1, 0.15) is 47.1 Å². The molecule has 0 aliphatic carbocycles. The van der Waals surface area contributed by atoms with Gasteiger partial charge in [0.05, 0.1) is 17.8 Å². The number of rotatable bonds is 5. The van der Waals surface area contributed by atoms with Crippen molar-refractivity contribution >= 4 is 8.60 Å². The summed E-state index contributed by atoms with van der Waals surface area (Å²) in [5.41, 5.74) is 0.548. The Bertz CT molecular complexity index is 349. The van der Waals surface area contributed by atoms with Crippen molar-refractivity contribution in [1.82, 2.24) is 0 Å². The van der Waals surface area contributed by atoms with Gasteiger partial charge in [0.1, 0.15) is 0 Å². The molecule has 4 heteroatoms. The van der Waals surface area contributed by atoms with Crippen LogP contribution in [0.25, 0.3) is 0 Å². The van der Waals surface area contributed by atoms with Gasteiger partial charge in [-0.1, -0.05) is 30.3 Å². The van der Waals surface area contributed by atoms with Crippen LogP contribution in [-0.4, -0.2) is 11.2 Å². The van der Waals surface area contributed by atoms with Gasteiger partial charge in [-0.3, -0.25) is 0 Å². The molecule has 108 valence electrons. The van der Waals surface area contributed by atoms with Gasteiger partial charge in [0.2, 0.25) is 0 Å². The van der Waals surface area contributed by atoms with Gasteiger partial charge in [0, 0.05) is 0 Å². The van der Waals surface area contributed by atoms with Gasteiger partial charge in [0.15, 0.2) is 0 Å². The van der Waals surface area contributed by atoms with Crippen LogP contribution < -0.4 is 0 Å². The second-order valence-electron chi connectivity index (χ2n) is 6.39. The summed E-state index contributed by atoms with van der Waals surface area (Å²) in [5, 5.41) is 0. The van der Waals surface area contributed by atoms with Crippen molar-refractivity contribution in [3.63, 3.8) is 0 Å². The molecule has 0 aliphatic heterocycles. The molecule has 0 bridgehead atoms. The third-order valence-corrected chi connectivity index (χ3v) is 3.61. The third-order valence-electron chi connectivity index (χ3n) is 1.88. The van der Waals surface area contributed by atoms with Crippen molar-refractivity contribution in [1.29, 1.82) is 0 Å². The molecule has 0 saturated heterocycles. The van der Waals surface area contributed by atoms with E-state index in [1.54, 1.807) is 0 Å². The number of hydrogen-bond donors (Lipinski definition) is 0. The van der Waals surface area contributed by atoms with E-state index >= 15 is 0 Å². The minimum Gasteiger partial charge on any atom is -0.307 e. The molecule has 0 spiro atoms. The van der Waals surface area contributed by atoms with Crippen LogP contribution in [0, 0.1) is 0 Å². The lowest BCUT2D eigenvalue weighted by molar-refractivity contribution is 0.0306. The molecule has 3 nitrogen and oxygen atoms in total. The smallest absolute Gasteiger partial charge is 0.307 e. The Morgan fingerprint density at radius 3 is 1.74 bits per heavy atom. The summed E-state index contributed by atoms with van der Waals surface area (Å²) in [4.78, 5) is 0. The summed E-state index contributed by atoms with van der Waals surface area (Å²) in [6.45, 7) is 12.5. The van der Waals surface area contributed by atoms with E-state index in [-0.39, 0.29) is 11.2 Å². The van der Waals surface area contributed by atoms with Gasteiger partial charge >= 0.3 is 8.60 Å². The van der Waals surface area contributed by atoms with Crippen molar-refractivity contribution in [2.75, 3.05) is 0 Å². The van der Waals surface area contributed by atoms with Crippen LogP contribution in [0.5, 0.6) is 0 Å². The van der Waals surface area contributed by atoms with Gasteiger partial charge in [-0.05, 0) is 47.1 Å². The van der Waals surface area contributed by atoms with E-state index in [1.165, 1.54) is 0 Å². The maximum Gasteiger partial charge on any atom is 0.334 e. The highest BCUT2D eigenvalue weighted by molar-refractivity contribution is 7.41. The molecule has 0 unspecified atom stereocenters. The van der Waals surface area contributed by atoms with E-state index in [4.69, 9.17) is 13.6 Å². The molecule has 0 saturated carbocycles. The summed E-state index contributed by atoms with van der Waals surface area (Å²) < 4.78 is 17.5. The first kappa shape index (κ1) is 16.6. The van der Waals surface area contributed by atoms with Crippen LogP contribution >= 0.6 is 8.60 Å². The second kappa shape index (κ2) is 6.81. The molecule has 0 radical (unpaired) electrons. The molecule has 0 aromatic heterocycles. The zero-order valence-corrected chi connectivity index (χ0v) is 13.7. The fourth-order valence-electron chi connectivity index (χ4n) is 1.22. The quantitative estimate of drug-likeness (QED) is 0.707. The molecular weight excluding hydrogens is 259 g/mol. The average molecular weight is 284 g/mol. The fourth-order valence-corrected chi connectivity index (χ4v) is 2.51. The maximum atomic E-state index is 5.86. The van der Waals surface area contributed by atoms with Crippen LogP contribution in [0.3, 0.4) is 0 Å². The average Bonchev–Trinajstić information content (AvgIpc) is 2.23. The molecule has 1 aromatic rings. The molecule has 0 aliphatic rings. The molecule has 0 N–H and O–H groups in total. The molecular formula is C15H25O3P. The van der Waals surface area contributed by atoms with Gasteiger partial charge in [0.25, 0.3) is 0 Å². The predicted octanol–water partition coefficient (Wildman–Crippen LogP) is 5.06. The largest absolute Gasteiger partial charge is 0.334 e. The van der Waals surface area contributed by atoms with Crippen molar-refractivity contribution in [3.05, 3.63) is 35.9 Å². The molecule has 0 heterocycles. The van der Waals surface area contributed by atoms with E-state index in [2.05, 4.69) is 0 Å². The summed E-state index contributed by atoms with van der Waals surface area (Å²) in [6.07, 6.45) is 0. The minimum absolute atomic E-state index is 0.284. The zero-order chi connectivity index (χ0) is 14.5. The Morgan fingerprint density at radius 1 is 0.842 bits per heavy atom. The van der Waals surface area contributed by atoms with Crippen LogP contribution in [-0.2, 0) is 20.2 Å². The van der Waals surface area contributed by atoms with Crippen molar-refractivity contribution in [3.8, 4) is 0 Å². The molecule has 0 fully saturated rings. The molecule has 1 aromatic carbocycles. The second-order valence-corrected chi connectivity index (χ2v) is 7.46. The SMILES string of the molecule is CC(C)(C)OP(OCc1ccccc1)OC(C)(C)C. The normalized spacial score (nSPS) is 13.0. The number of benzene rings is 1. The van der Waals surface area contributed by atoms with Gasteiger partial charge in [-0.25, -0.2) is 0 Å². The van der Waals surface area contributed by atoms with E-state index in [0.717, 1.165) is 5.56 Å². The standard InChI is InChI=1S/C15H25O3P/c1-14(2,3)17-19(18-15(4,5)6)16-12-13-10-8-7-9-11-13/h7-11H,12H2,1-6H3. The van der Waals surface area contributed by atoms with E-state index < -0.39 is 8.60 Å². The summed E-state index contributed by atoms with van der Waals surface area (Å²) in [5.74, 6) is 0. The Morgan fingerprint density at radius 2 is 1.32 bits per heavy atom. The Kier molecular flexibility index (Phi) is 5.94. The van der Waals surface area contributed by atoms with Crippen LogP contribution in [0.2, 0.25) is 0 Å². The molecule has 19 heavy (non-hydrogen) atoms. The van der Waals surface area contributed by atoms with Crippen molar-refractivity contribution < 1.29 is 13.6 Å². The zero-order valence-electron chi connectivity index (χ0n) is 12.8. The van der Waals surface area contributed by atoms with E-state index in [9.17, 15) is 0 Å². The topological polar surface area (TPSA) is 27.7 Å². The molecule has 0 amide bonds. The first-order chi connectivity index (χ1) is 8.66. The van der Waals surface area contributed by atoms with Gasteiger partial charge < -0.3 is 13.6 Å². The highest BCUT2D eigenvalue weighted by atomic mass is 31.2.